The zero-order valence-electron chi connectivity index (χ0n) is 10.0. The summed E-state index contributed by atoms with van der Waals surface area (Å²) in [7, 11) is 0. The lowest BCUT2D eigenvalue weighted by atomic mass is 9.86. The van der Waals surface area contributed by atoms with Gasteiger partial charge < -0.3 is 10.5 Å². The molecule has 0 bridgehead atoms. The molecule has 0 spiro atoms. The molecule has 1 atom stereocenters. The Morgan fingerprint density at radius 3 is 2.69 bits per heavy atom. The number of hydrogen-bond donors (Lipinski definition) is 1. The molecule has 0 fully saturated rings. The molecule has 1 aromatic rings. The maximum absolute atomic E-state index is 14.6. The van der Waals surface area contributed by atoms with Crippen molar-refractivity contribution < 1.29 is 9.13 Å². The molecule has 1 rings (SSSR count). The lowest BCUT2D eigenvalue weighted by Gasteiger charge is -2.28. The quantitative estimate of drug-likeness (QED) is 0.837. The Bertz CT molecular complexity index is 344. The van der Waals surface area contributed by atoms with Crippen LogP contribution in [0.3, 0.4) is 0 Å². The van der Waals surface area contributed by atoms with Gasteiger partial charge in [-0.2, -0.15) is 0 Å². The molecular formula is C12H19FN2O. The molecule has 1 aromatic heterocycles. The van der Waals surface area contributed by atoms with Crippen molar-refractivity contribution in [3.05, 3.63) is 24.0 Å². The number of rotatable bonds is 5. The number of halogens is 1. The van der Waals surface area contributed by atoms with E-state index in [1.54, 1.807) is 26.1 Å². The van der Waals surface area contributed by atoms with Crippen molar-refractivity contribution in [3.8, 4) is 5.75 Å². The molecular weight excluding hydrogens is 207 g/mol. The second kappa shape index (κ2) is 5.25. The van der Waals surface area contributed by atoms with Gasteiger partial charge in [0.05, 0.1) is 12.8 Å². The Balaban J connectivity index is 3.06. The van der Waals surface area contributed by atoms with E-state index >= 15 is 0 Å². The van der Waals surface area contributed by atoms with E-state index in [1.807, 2.05) is 6.92 Å². The molecule has 0 saturated carbocycles. The fourth-order valence-corrected chi connectivity index (χ4v) is 1.58. The van der Waals surface area contributed by atoms with E-state index in [0.717, 1.165) is 0 Å². The van der Waals surface area contributed by atoms with Crippen LogP contribution < -0.4 is 10.5 Å². The Labute approximate surface area is 95.8 Å². The molecule has 1 heterocycles. The van der Waals surface area contributed by atoms with Gasteiger partial charge in [0.1, 0.15) is 5.75 Å². The third-order valence-electron chi connectivity index (χ3n) is 2.72. The van der Waals surface area contributed by atoms with Crippen LogP contribution in [-0.2, 0) is 5.67 Å². The van der Waals surface area contributed by atoms with Crippen LogP contribution in [0.5, 0.6) is 5.75 Å². The largest absolute Gasteiger partial charge is 0.492 e. The van der Waals surface area contributed by atoms with Gasteiger partial charge in [-0.15, -0.1) is 0 Å². The van der Waals surface area contributed by atoms with E-state index < -0.39 is 5.67 Å². The highest BCUT2D eigenvalue weighted by Crippen LogP contribution is 2.33. The maximum Gasteiger partial charge on any atom is 0.152 e. The standard InChI is InChI=1S/C12H19FN2O/c1-4-16-11-5-10(6-15-7-11)12(13,8-14)9(2)3/h5-7,9H,4,8,14H2,1-3H3. The van der Waals surface area contributed by atoms with Crippen molar-refractivity contribution in [1.82, 2.24) is 4.98 Å². The molecule has 0 radical (unpaired) electrons. The van der Waals surface area contributed by atoms with Gasteiger partial charge in [0.25, 0.3) is 0 Å². The molecule has 3 nitrogen and oxygen atoms in total. The van der Waals surface area contributed by atoms with Crippen molar-refractivity contribution in [2.75, 3.05) is 13.2 Å². The zero-order valence-corrected chi connectivity index (χ0v) is 10.0. The van der Waals surface area contributed by atoms with Gasteiger partial charge in [0.15, 0.2) is 5.67 Å². The first-order valence-corrected chi connectivity index (χ1v) is 5.52. The van der Waals surface area contributed by atoms with Gasteiger partial charge >= 0.3 is 0 Å². The number of nitrogens with zero attached hydrogens (tertiary/aromatic N) is 1. The number of hydrogen-bond acceptors (Lipinski definition) is 3. The molecule has 4 heteroatoms. The Kier molecular flexibility index (Phi) is 4.24. The minimum absolute atomic E-state index is 0.0536. The lowest BCUT2D eigenvalue weighted by molar-refractivity contribution is 0.108. The van der Waals surface area contributed by atoms with Crippen molar-refractivity contribution in [2.24, 2.45) is 11.7 Å². The van der Waals surface area contributed by atoms with Crippen molar-refractivity contribution in [1.29, 1.82) is 0 Å². The highest BCUT2D eigenvalue weighted by Gasteiger charge is 2.34. The SMILES string of the molecule is CCOc1cncc(C(F)(CN)C(C)C)c1. The molecule has 0 aliphatic rings. The topological polar surface area (TPSA) is 48.1 Å². The molecule has 16 heavy (non-hydrogen) atoms. The first-order valence-electron chi connectivity index (χ1n) is 5.52. The fraction of sp³-hybridized carbons (Fsp3) is 0.583. The Morgan fingerprint density at radius 1 is 1.50 bits per heavy atom. The molecule has 0 saturated heterocycles. The monoisotopic (exact) mass is 226 g/mol. The van der Waals surface area contributed by atoms with E-state index in [9.17, 15) is 4.39 Å². The molecule has 0 aromatic carbocycles. The summed E-state index contributed by atoms with van der Waals surface area (Å²) in [6, 6.07) is 1.67. The smallest absolute Gasteiger partial charge is 0.152 e. The summed E-state index contributed by atoms with van der Waals surface area (Å²) in [6.07, 6.45) is 3.08. The number of nitrogens with two attached hydrogens (primary N) is 1. The zero-order chi connectivity index (χ0) is 12.2. The second-order valence-corrected chi connectivity index (χ2v) is 4.06. The summed E-state index contributed by atoms with van der Waals surface area (Å²) in [5.41, 5.74) is 4.46. The highest BCUT2D eigenvalue weighted by atomic mass is 19.1. The third-order valence-corrected chi connectivity index (χ3v) is 2.72. The van der Waals surface area contributed by atoms with Gasteiger partial charge in [0, 0.05) is 18.3 Å². The molecule has 0 amide bonds. The second-order valence-electron chi connectivity index (χ2n) is 4.06. The van der Waals surface area contributed by atoms with E-state index in [-0.39, 0.29) is 12.5 Å². The highest BCUT2D eigenvalue weighted by molar-refractivity contribution is 5.29. The van der Waals surface area contributed by atoms with Crippen LogP contribution in [-0.4, -0.2) is 18.1 Å². The fourth-order valence-electron chi connectivity index (χ4n) is 1.58. The molecule has 90 valence electrons. The number of aromatic nitrogens is 1. The summed E-state index contributed by atoms with van der Waals surface area (Å²) in [5.74, 6) is 0.382. The van der Waals surface area contributed by atoms with Crippen LogP contribution in [0, 0.1) is 5.92 Å². The molecule has 0 aliphatic carbocycles. The minimum Gasteiger partial charge on any atom is -0.492 e. The Morgan fingerprint density at radius 2 is 2.19 bits per heavy atom. The van der Waals surface area contributed by atoms with Gasteiger partial charge in [-0.25, -0.2) is 4.39 Å². The van der Waals surface area contributed by atoms with Crippen LogP contribution in [0.2, 0.25) is 0 Å². The van der Waals surface area contributed by atoms with Gasteiger partial charge in [-0.1, -0.05) is 13.8 Å². The van der Waals surface area contributed by atoms with Gasteiger partial charge in [-0.05, 0) is 18.9 Å². The average molecular weight is 226 g/mol. The van der Waals surface area contributed by atoms with Crippen molar-refractivity contribution in [2.45, 2.75) is 26.4 Å². The molecule has 0 aliphatic heterocycles. The Hall–Kier alpha value is -1.16. The number of ether oxygens (including phenoxy) is 1. The third kappa shape index (κ3) is 2.50. The predicted molar refractivity (Wildman–Crippen MR) is 62.1 cm³/mol. The summed E-state index contributed by atoms with van der Waals surface area (Å²) in [5, 5.41) is 0. The number of pyridine rings is 1. The van der Waals surface area contributed by atoms with Gasteiger partial charge in [0.2, 0.25) is 0 Å². The summed E-state index contributed by atoms with van der Waals surface area (Å²) in [6.45, 7) is 5.97. The lowest BCUT2D eigenvalue weighted by Crippen LogP contribution is -2.35. The summed E-state index contributed by atoms with van der Waals surface area (Å²) in [4.78, 5) is 3.98. The first kappa shape index (κ1) is 12.9. The van der Waals surface area contributed by atoms with Crippen LogP contribution in [0.15, 0.2) is 18.5 Å². The molecule has 1 unspecified atom stereocenters. The maximum atomic E-state index is 14.6. The minimum atomic E-state index is -1.54. The van der Waals surface area contributed by atoms with Crippen LogP contribution in [0.4, 0.5) is 4.39 Å². The van der Waals surface area contributed by atoms with Crippen molar-refractivity contribution in [3.63, 3.8) is 0 Å². The average Bonchev–Trinajstić information content (AvgIpc) is 2.28. The first-order chi connectivity index (χ1) is 7.54. The van der Waals surface area contributed by atoms with Gasteiger partial charge in [-0.3, -0.25) is 4.98 Å². The normalized spacial score (nSPS) is 14.9. The predicted octanol–water partition coefficient (Wildman–Crippen LogP) is 2.26. The van der Waals surface area contributed by atoms with Crippen LogP contribution in [0.25, 0.3) is 0 Å². The van der Waals surface area contributed by atoms with E-state index in [2.05, 4.69) is 4.98 Å². The van der Waals surface area contributed by atoms with Crippen LogP contribution in [0.1, 0.15) is 26.3 Å². The molecule has 2 N–H and O–H groups in total. The summed E-state index contributed by atoms with van der Waals surface area (Å²) < 4.78 is 19.9. The number of alkyl halides is 1. The van der Waals surface area contributed by atoms with Crippen LogP contribution >= 0.6 is 0 Å². The summed E-state index contributed by atoms with van der Waals surface area (Å²) >= 11 is 0. The van der Waals surface area contributed by atoms with E-state index in [0.29, 0.717) is 17.9 Å². The van der Waals surface area contributed by atoms with E-state index in [1.165, 1.54) is 6.20 Å². The van der Waals surface area contributed by atoms with Crippen molar-refractivity contribution >= 4 is 0 Å². The van der Waals surface area contributed by atoms with E-state index in [4.69, 9.17) is 10.5 Å².